The van der Waals surface area contributed by atoms with Gasteiger partial charge in [-0.1, -0.05) is 6.07 Å². The molecule has 0 amide bonds. The van der Waals surface area contributed by atoms with E-state index in [0.29, 0.717) is 4.88 Å². The van der Waals surface area contributed by atoms with Gasteiger partial charge in [-0.2, -0.15) is 0 Å². The fraction of sp³-hybridized carbons (Fsp3) is 0. The van der Waals surface area contributed by atoms with Gasteiger partial charge < -0.3 is 5.11 Å². The second-order valence-corrected chi connectivity index (χ2v) is 2.23. The molecule has 0 atom stereocenters. The summed E-state index contributed by atoms with van der Waals surface area (Å²) in [6, 6.07) is 3.29. The summed E-state index contributed by atoms with van der Waals surface area (Å²) in [4.78, 5) is 10.5. The third-order valence-electron chi connectivity index (χ3n) is 0.732. The minimum atomic E-state index is -0.847. The van der Waals surface area contributed by atoms with E-state index in [9.17, 15) is 4.79 Å². The van der Waals surface area contributed by atoms with Crippen molar-refractivity contribution in [2.75, 3.05) is 0 Å². The van der Waals surface area contributed by atoms with Crippen LogP contribution in [0.3, 0.4) is 0 Å². The van der Waals surface area contributed by atoms with Crippen molar-refractivity contribution in [1.82, 2.24) is 0 Å². The van der Waals surface area contributed by atoms with E-state index in [1.54, 1.807) is 17.5 Å². The van der Waals surface area contributed by atoms with Crippen LogP contribution in [-0.4, -0.2) is 70.2 Å². The van der Waals surface area contributed by atoms with E-state index in [4.69, 9.17) is 5.11 Å². The molecule has 0 aromatic carbocycles. The number of hydrogen-bond acceptors (Lipinski definition) is 2. The van der Waals surface area contributed by atoms with Crippen molar-refractivity contribution in [3.8, 4) is 0 Å². The molecule has 1 aromatic heterocycles. The normalized spacial score (nSPS) is 7.20. The number of carbonyl (C=O) groups is 1. The van der Waals surface area contributed by atoms with Gasteiger partial charge in [0.1, 0.15) is 4.88 Å². The van der Waals surface area contributed by atoms with E-state index in [0.717, 1.165) is 0 Å². The van der Waals surface area contributed by atoms with Crippen LogP contribution >= 0.6 is 11.3 Å². The van der Waals surface area contributed by atoms with Gasteiger partial charge in [0.25, 0.3) is 0 Å². The zero-order chi connectivity index (χ0) is 5.98. The van der Waals surface area contributed by atoms with Gasteiger partial charge in [-0.3, -0.25) is 0 Å². The minimum absolute atomic E-state index is 0. The molecular formula is C5H6Na2O2S. The quantitative estimate of drug-likeness (QED) is 0.618. The Morgan fingerprint density at radius 3 is 2.30 bits per heavy atom. The molecule has 0 saturated heterocycles. The van der Waals surface area contributed by atoms with Crippen molar-refractivity contribution >= 4 is 76.4 Å². The number of rotatable bonds is 1. The number of hydrogen-bond donors (Lipinski definition) is 1. The van der Waals surface area contributed by atoms with Gasteiger partial charge in [0.2, 0.25) is 0 Å². The van der Waals surface area contributed by atoms with Crippen LogP contribution in [0.5, 0.6) is 0 Å². The van der Waals surface area contributed by atoms with E-state index < -0.39 is 5.97 Å². The molecule has 5 heteroatoms. The molecule has 1 N–H and O–H groups in total. The van der Waals surface area contributed by atoms with Gasteiger partial charge in [0, 0.05) is 0 Å². The van der Waals surface area contributed by atoms with E-state index >= 15 is 0 Å². The first-order valence-corrected chi connectivity index (χ1v) is 2.95. The summed E-state index contributed by atoms with van der Waals surface area (Å²) in [5, 5.41) is 10.0. The van der Waals surface area contributed by atoms with Gasteiger partial charge in [0.15, 0.2) is 0 Å². The number of thiophene rings is 1. The second kappa shape index (κ2) is 6.85. The van der Waals surface area contributed by atoms with Crippen LogP contribution in [0.4, 0.5) is 0 Å². The van der Waals surface area contributed by atoms with E-state index in [-0.39, 0.29) is 59.1 Å². The number of carboxylic acid groups (broad SMARTS) is 1. The van der Waals surface area contributed by atoms with Crippen LogP contribution in [0.15, 0.2) is 17.5 Å². The van der Waals surface area contributed by atoms with Gasteiger partial charge in [-0.25, -0.2) is 4.79 Å². The van der Waals surface area contributed by atoms with Crippen LogP contribution < -0.4 is 0 Å². The summed E-state index contributed by atoms with van der Waals surface area (Å²) in [5.41, 5.74) is 0. The molecule has 0 spiro atoms. The van der Waals surface area contributed by atoms with Gasteiger partial charge in [0.05, 0.1) is 0 Å². The Hall–Kier alpha value is 1.17. The molecule has 0 radical (unpaired) electrons. The van der Waals surface area contributed by atoms with Crippen molar-refractivity contribution in [2.24, 2.45) is 0 Å². The first kappa shape index (κ1) is 13.7. The summed E-state index contributed by atoms with van der Waals surface area (Å²) < 4.78 is 0. The SMILES string of the molecule is O=C(O)c1cccs1.[NaH].[NaH]. The Balaban J connectivity index is 0. The Kier molecular flexibility index (Phi) is 9.42. The van der Waals surface area contributed by atoms with E-state index in [1.807, 2.05) is 0 Å². The Bertz CT molecular complexity index is 186. The van der Waals surface area contributed by atoms with Crippen molar-refractivity contribution in [1.29, 1.82) is 0 Å². The molecule has 0 bridgehead atoms. The maximum absolute atomic E-state index is 10.1. The average molecular weight is 176 g/mol. The standard InChI is InChI=1S/C5H4O2S.2Na.2H/c6-5(7)4-2-1-3-8-4;;;;/h1-3H,(H,6,7);;;;. The fourth-order valence-electron chi connectivity index (χ4n) is 0.400. The zero-order valence-electron chi connectivity index (χ0n) is 4.00. The topological polar surface area (TPSA) is 37.3 Å². The third-order valence-corrected chi connectivity index (χ3v) is 1.59. The van der Waals surface area contributed by atoms with Crippen LogP contribution in [0, 0.1) is 0 Å². The average Bonchev–Trinajstić information content (AvgIpc) is 2.12. The first-order chi connectivity index (χ1) is 3.80. The van der Waals surface area contributed by atoms with Crippen LogP contribution in [0.25, 0.3) is 0 Å². The van der Waals surface area contributed by atoms with E-state index in [2.05, 4.69) is 0 Å². The van der Waals surface area contributed by atoms with Crippen molar-refractivity contribution in [3.63, 3.8) is 0 Å². The molecule has 1 aromatic rings. The Labute approximate surface area is 107 Å². The molecule has 0 fully saturated rings. The molecule has 1 rings (SSSR count). The van der Waals surface area contributed by atoms with Crippen molar-refractivity contribution < 1.29 is 9.90 Å². The molecule has 1 heterocycles. The molecular weight excluding hydrogens is 170 g/mol. The van der Waals surface area contributed by atoms with Crippen LogP contribution in [0.1, 0.15) is 9.67 Å². The Morgan fingerprint density at radius 2 is 2.10 bits per heavy atom. The monoisotopic (exact) mass is 176 g/mol. The predicted molar refractivity (Wildman–Crippen MR) is 45.6 cm³/mol. The summed E-state index contributed by atoms with van der Waals surface area (Å²) in [6.45, 7) is 0. The summed E-state index contributed by atoms with van der Waals surface area (Å²) in [7, 11) is 0. The van der Waals surface area contributed by atoms with Crippen LogP contribution in [0.2, 0.25) is 0 Å². The first-order valence-electron chi connectivity index (χ1n) is 2.07. The van der Waals surface area contributed by atoms with Gasteiger partial charge in [-0.15, -0.1) is 11.3 Å². The number of aromatic carboxylic acids is 1. The molecule has 0 unspecified atom stereocenters. The molecule has 0 aliphatic rings. The fourth-order valence-corrected chi connectivity index (χ4v) is 0.962. The van der Waals surface area contributed by atoms with Crippen molar-refractivity contribution in [3.05, 3.63) is 22.4 Å². The van der Waals surface area contributed by atoms with Gasteiger partial charge >= 0.3 is 65.1 Å². The van der Waals surface area contributed by atoms with Gasteiger partial charge in [-0.05, 0) is 11.4 Å². The van der Waals surface area contributed by atoms with Crippen LogP contribution in [-0.2, 0) is 0 Å². The molecule has 46 valence electrons. The number of carboxylic acids is 1. The molecule has 0 aliphatic heterocycles. The predicted octanol–water partition coefficient (Wildman–Crippen LogP) is 0.149. The summed E-state index contributed by atoms with van der Waals surface area (Å²) >= 11 is 1.23. The maximum atomic E-state index is 10.1. The summed E-state index contributed by atoms with van der Waals surface area (Å²) in [5.74, 6) is -0.847. The van der Waals surface area contributed by atoms with E-state index in [1.165, 1.54) is 11.3 Å². The molecule has 10 heavy (non-hydrogen) atoms. The zero-order valence-corrected chi connectivity index (χ0v) is 4.81. The van der Waals surface area contributed by atoms with Crippen molar-refractivity contribution in [2.45, 2.75) is 0 Å². The second-order valence-electron chi connectivity index (χ2n) is 1.28. The molecule has 0 aliphatic carbocycles. The summed E-state index contributed by atoms with van der Waals surface area (Å²) in [6.07, 6.45) is 0. The Morgan fingerprint density at radius 1 is 1.50 bits per heavy atom. The molecule has 2 nitrogen and oxygen atoms in total. The third kappa shape index (κ3) is 4.13. The molecule has 0 saturated carbocycles.